The Morgan fingerprint density at radius 3 is 1.68 bits per heavy atom. The molecule has 0 N–H and O–H groups in total. The van der Waals surface area contributed by atoms with Crippen molar-refractivity contribution in [2.45, 2.75) is 69.2 Å². The molecule has 0 aliphatic carbocycles. The van der Waals surface area contributed by atoms with Gasteiger partial charge in [-0.15, -0.1) is 11.3 Å². The van der Waals surface area contributed by atoms with Gasteiger partial charge in [0.05, 0.1) is 0 Å². The van der Waals surface area contributed by atoms with Crippen LogP contribution in [0.1, 0.15) is 69.2 Å². The summed E-state index contributed by atoms with van der Waals surface area (Å²) in [4.78, 5) is 13.0. The summed E-state index contributed by atoms with van der Waals surface area (Å²) in [5.41, 5.74) is 0. The Kier molecular flexibility index (Phi) is 20.8. The van der Waals surface area contributed by atoms with E-state index in [-0.39, 0.29) is 0 Å². The fraction of sp³-hybridized carbons (Fsp3) is 0.444. The molecule has 0 aliphatic rings. The van der Waals surface area contributed by atoms with Crippen LogP contribution in [0.15, 0.2) is 66.7 Å². The SMILES string of the molecule is CC.CC.CC(C)C.CC(C)C.c1ccc2cnccc2c1.c1ncc2ccsc2n1. The maximum Gasteiger partial charge on any atom is 0.126 e. The molecule has 0 bridgehead atoms. The molecule has 4 heteroatoms. The topological polar surface area (TPSA) is 38.7 Å². The molecule has 0 saturated carbocycles. The number of benzene rings is 1. The second-order valence-electron chi connectivity index (χ2n) is 7.39. The van der Waals surface area contributed by atoms with E-state index in [1.54, 1.807) is 17.7 Å². The highest BCUT2D eigenvalue weighted by Gasteiger charge is 1.90. The van der Waals surface area contributed by atoms with Crippen LogP contribution in [0.2, 0.25) is 0 Å². The molecule has 0 atom stereocenters. The van der Waals surface area contributed by atoms with Gasteiger partial charge in [0.1, 0.15) is 11.2 Å². The normalized spacial score (nSPS) is 8.90. The summed E-state index contributed by atoms with van der Waals surface area (Å²) in [6, 6.07) is 12.2. The van der Waals surface area contributed by atoms with E-state index >= 15 is 0 Å². The number of nitrogens with zero attached hydrogens (tertiary/aromatic N) is 3. The maximum absolute atomic E-state index is 4.05. The second kappa shape index (κ2) is 20.9. The van der Waals surface area contributed by atoms with Crippen molar-refractivity contribution < 1.29 is 0 Å². The fourth-order valence-electron chi connectivity index (χ4n) is 1.74. The number of thiophene rings is 1. The van der Waals surface area contributed by atoms with Crippen LogP contribution in [0, 0.1) is 11.8 Å². The number of hydrogen-bond acceptors (Lipinski definition) is 4. The van der Waals surface area contributed by atoms with Gasteiger partial charge in [-0.3, -0.25) is 4.98 Å². The molecule has 0 unspecified atom stereocenters. The molecule has 172 valence electrons. The number of aromatic nitrogens is 3. The van der Waals surface area contributed by atoms with Gasteiger partial charge < -0.3 is 0 Å². The van der Waals surface area contributed by atoms with E-state index in [9.17, 15) is 0 Å². The minimum atomic E-state index is 0.833. The third-order valence-corrected chi connectivity index (χ3v) is 3.52. The summed E-state index contributed by atoms with van der Waals surface area (Å²) >= 11 is 1.64. The van der Waals surface area contributed by atoms with E-state index in [1.807, 2.05) is 75.9 Å². The predicted molar refractivity (Wildman–Crippen MR) is 143 cm³/mol. The molecule has 4 rings (SSSR count). The molecule has 0 amide bonds. The quantitative estimate of drug-likeness (QED) is 0.273. The zero-order valence-electron chi connectivity index (χ0n) is 21.3. The molecule has 4 aromatic rings. The number of fused-ring (bicyclic) bond motifs is 2. The van der Waals surface area contributed by atoms with Gasteiger partial charge in [-0.05, 0) is 40.1 Å². The average Bonchev–Trinajstić information content (AvgIpc) is 3.25. The Morgan fingerprint density at radius 1 is 0.645 bits per heavy atom. The van der Waals surface area contributed by atoms with Crippen LogP contribution in [0.3, 0.4) is 0 Å². The molecule has 1 aromatic carbocycles. The standard InChI is InChI=1S/C9H7N.C6H4N2S.2C4H10.2C2H6/c1-2-4-9-7-10-6-5-8(9)3-1;1-2-9-6-5(1)3-7-4-8-6;2*1-4(2)3;2*1-2/h1-7H;1-4H;2*4H,1-3H3;2*1-2H3. The fourth-order valence-corrected chi connectivity index (χ4v) is 2.45. The monoisotopic (exact) mass is 441 g/mol. The minimum absolute atomic E-state index is 0.833. The minimum Gasteiger partial charge on any atom is -0.264 e. The lowest BCUT2D eigenvalue weighted by Crippen LogP contribution is -1.71. The predicted octanol–water partition coefficient (Wildman–Crippen LogP) is 9.30. The van der Waals surface area contributed by atoms with Gasteiger partial charge in [-0.1, -0.05) is 93.5 Å². The summed E-state index contributed by atoms with van der Waals surface area (Å²) in [7, 11) is 0. The van der Waals surface area contributed by atoms with Crippen LogP contribution in [0.25, 0.3) is 21.0 Å². The Hall–Kier alpha value is -2.33. The highest BCUT2D eigenvalue weighted by molar-refractivity contribution is 7.16. The summed E-state index contributed by atoms with van der Waals surface area (Å²) in [5, 5.41) is 5.59. The zero-order valence-corrected chi connectivity index (χ0v) is 22.1. The molecular weight excluding hydrogens is 398 g/mol. The summed E-state index contributed by atoms with van der Waals surface area (Å²) in [6.07, 6.45) is 7.06. The Balaban J connectivity index is 0. The van der Waals surface area contributed by atoms with E-state index in [0.717, 1.165) is 22.1 Å². The summed E-state index contributed by atoms with van der Waals surface area (Å²) < 4.78 is 0. The molecule has 0 spiro atoms. The van der Waals surface area contributed by atoms with Crippen molar-refractivity contribution in [3.63, 3.8) is 0 Å². The third-order valence-electron chi connectivity index (χ3n) is 2.68. The first-order chi connectivity index (χ1) is 14.9. The summed E-state index contributed by atoms with van der Waals surface area (Å²) in [6.45, 7) is 21.0. The van der Waals surface area contributed by atoms with Crippen LogP contribution < -0.4 is 0 Å². The van der Waals surface area contributed by atoms with E-state index in [1.165, 1.54) is 10.8 Å². The van der Waals surface area contributed by atoms with Crippen molar-refractivity contribution >= 4 is 32.3 Å². The van der Waals surface area contributed by atoms with Crippen molar-refractivity contribution in [1.29, 1.82) is 0 Å². The summed E-state index contributed by atoms with van der Waals surface area (Å²) in [5.74, 6) is 1.67. The Labute approximate surface area is 195 Å². The lowest BCUT2D eigenvalue weighted by atomic mass is 10.2. The first kappa shape index (κ1) is 30.9. The van der Waals surface area contributed by atoms with Crippen LogP contribution in [-0.4, -0.2) is 15.0 Å². The van der Waals surface area contributed by atoms with E-state index < -0.39 is 0 Å². The van der Waals surface area contributed by atoms with E-state index in [4.69, 9.17) is 0 Å². The van der Waals surface area contributed by atoms with E-state index in [0.29, 0.717) is 0 Å². The molecular formula is C27H43N3S. The highest BCUT2D eigenvalue weighted by Crippen LogP contribution is 2.14. The molecule has 31 heavy (non-hydrogen) atoms. The van der Waals surface area contributed by atoms with Gasteiger partial charge in [0.2, 0.25) is 0 Å². The van der Waals surface area contributed by atoms with Crippen LogP contribution in [-0.2, 0) is 0 Å². The average molecular weight is 442 g/mol. The van der Waals surface area contributed by atoms with Crippen molar-refractivity contribution in [2.24, 2.45) is 11.8 Å². The van der Waals surface area contributed by atoms with E-state index in [2.05, 4.69) is 68.6 Å². The molecule has 3 heterocycles. The largest absolute Gasteiger partial charge is 0.264 e. The Morgan fingerprint density at radius 2 is 1.16 bits per heavy atom. The van der Waals surface area contributed by atoms with Gasteiger partial charge in [-0.25, -0.2) is 9.97 Å². The van der Waals surface area contributed by atoms with Crippen molar-refractivity contribution in [2.75, 3.05) is 0 Å². The van der Waals surface area contributed by atoms with Gasteiger partial charge in [-0.2, -0.15) is 0 Å². The van der Waals surface area contributed by atoms with Crippen molar-refractivity contribution in [1.82, 2.24) is 15.0 Å². The number of pyridine rings is 1. The van der Waals surface area contributed by atoms with Crippen molar-refractivity contribution in [3.8, 4) is 0 Å². The molecule has 3 nitrogen and oxygen atoms in total. The number of hydrogen-bond donors (Lipinski definition) is 0. The van der Waals surface area contributed by atoms with Crippen molar-refractivity contribution in [3.05, 3.63) is 66.7 Å². The van der Waals surface area contributed by atoms with Crippen LogP contribution >= 0.6 is 11.3 Å². The molecule has 0 fully saturated rings. The Bertz CT molecular complexity index is 778. The van der Waals surface area contributed by atoms with Gasteiger partial charge in [0.15, 0.2) is 0 Å². The first-order valence-corrected chi connectivity index (χ1v) is 12.2. The third kappa shape index (κ3) is 17.1. The number of rotatable bonds is 0. The zero-order chi connectivity index (χ0) is 24.1. The first-order valence-electron chi connectivity index (χ1n) is 11.3. The lowest BCUT2D eigenvalue weighted by molar-refractivity contribution is 0.736. The molecule has 0 saturated heterocycles. The maximum atomic E-state index is 4.05. The van der Waals surface area contributed by atoms with Gasteiger partial charge in [0.25, 0.3) is 0 Å². The van der Waals surface area contributed by atoms with Crippen LogP contribution in [0.4, 0.5) is 0 Å². The van der Waals surface area contributed by atoms with Crippen LogP contribution in [0.5, 0.6) is 0 Å². The smallest absolute Gasteiger partial charge is 0.126 e. The molecule has 0 aliphatic heterocycles. The van der Waals surface area contributed by atoms with Gasteiger partial charge in [0, 0.05) is 24.0 Å². The molecule has 0 radical (unpaired) electrons. The molecule has 3 aromatic heterocycles. The highest BCUT2D eigenvalue weighted by atomic mass is 32.1. The van der Waals surface area contributed by atoms with Gasteiger partial charge >= 0.3 is 0 Å². The second-order valence-corrected chi connectivity index (χ2v) is 8.29. The lowest BCUT2D eigenvalue weighted by Gasteiger charge is -1.91.